The highest BCUT2D eigenvalue weighted by atomic mass is 35.5. The third-order valence-corrected chi connectivity index (χ3v) is 2.56. The normalized spacial score (nSPS) is 15.1. The van der Waals surface area contributed by atoms with Crippen molar-refractivity contribution in [2.45, 2.75) is 25.5 Å². The Labute approximate surface area is 94.1 Å². The molecule has 4 heteroatoms. The fourth-order valence-corrected chi connectivity index (χ4v) is 1.64. The van der Waals surface area contributed by atoms with Gasteiger partial charge in [-0.15, -0.1) is 0 Å². The Morgan fingerprint density at radius 2 is 2.20 bits per heavy atom. The second kappa shape index (κ2) is 4.29. The van der Waals surface area contributed by atoms with Crippen molar-refractivity contribution >= 4 is 11.6 Å². The van der Waals surface area contributed by atoms with Gasteiger partial charge in [0, 0.05) is 23.2 Å². The minimum absolute atomic E-state index is 0.324. The lowest BCUT2D eigenvalue weighted by Gasteiger charge is -2.14. The first-order chi connectivity index (χ1) is 7.24. The zero-order valence-corrected chi connectivity index (χ0v) is 9.38. The van der Waals surface area contributed by atoms with Crippen LogP contribution in [0, 0.1) is 0 Å². The van der Waals surface area contributed by atoms with E-state index in [2.05, 4.69) is 0 Å². The van der Waals surface area contributed by atoms with E-state index in [0.29, 0.717) is 23.4 Å². The SMILES string of the molecule is COc1cc(Cl)cc(CN)c1OC1CC1. The van der Waals surface area contributed by atoms with E-state index in [0.717, 1.165) is 24.2 Å². The second-order valence-electron chi connectivity index (χ2n) is 3.62. The van der Waals surface area contributed by atoms with Gasteiger partial charge in [-0.05, 0) is 18.9 Å². The van der Waals surface area contributed by atoms with Crippen LogP contribution in [-0.2, 0) is 6.54 Å². The Bertz CT molecular complexity index is 339. The molecular formula is C11H14ClNO2. The molecule has 0 aliphatic heterocycles. The van der Waals surface area contributed by atoms with Gasteiger partial charge in [-0.3, -0.25) is 0 Å². The highest BCUT2D eigenvalue weighted by Crippen LogP contribution is 2.38. The summed E-state index contributed by atoms with van der Waals surface area (Å²) in [6.45, 7) is 0.402. The van der Waals surface area contributed by atoms with Crippen LogP contribution in [0.2, 0.25) is 5.02 Å². The molecule has 0 atom stereocenters. The van der Waals surface area contributed by atoms with Crippen LogP contribution in [0.25, 0.3) is 0 Å². The molecule has 1 aromatic carbocycles. The minimum Gasteiger partial charge on any atom is -0.493 e. The monoisotopic (exact) mass is 227 g/mol. The van der Waals surface area contributed by atoms with Crippen LogP contribution in [0.4, 0.5) is 0 Å². The lowest BCUT2D eigenvalue weighted by Crippen LogP contribution is -2.05. The number of hydrogen-bond acceptors (Lipinski definition) is 3. The van der Waals surface area contributed by atoms with Crippen LogP contribution in [-0.4, -0.2) is 13.2 Å². The van der Waals surface area contributed by atoms with E-state index in [1.54, 1.807) is 13.2 Å². The van der Waals surface area contributed by atoms with Crippen molar-refractivity contribution in [1.29, 1.82) is 0 Å². The van der Waals surface area contributed by atoms with Crippen LogP contribution in [0.1, 0.15) is 18.4 Å². The van der Waals surface area contributed by atoms with Gasteiger partial charge in [0.1, 0.15) is 0 Å². The Hall–Kier alpha value is -0.930. The molecule has 0 amide bonds. The first-order valence-electron chi connectivity index (χ1n) is 4.97. The molecule has 0 unspecified atom stereocenters. The summed E-state index contributed by atoms with van der Waals surface area (Å²) >= 11 is 5.94. The van der Waals surface area contributed by atoms with Crippen molar-refractivity contribution in [3.8, 4) is 11.5 Å². The molecule has 82 valence electrons. The summed E-state index contributed by atoms with van der Waals surface area (Å²) in [5, 5.41) is 0.621. The van der Waals surface area contributed by atoms with Gasteiger partial charge in [0.15, 0.2) is 11.5 Å². The van der Waals surface area contributed by atoms with Gasteiger partial charge in [0.05, 0.1) is 13.2 Å². The molecule has 1 aliphatic carbocycles. The van der Waals surface area contributed by atoms with E-state index in [1.807, 2.05) is 6.07 Å². The summed E-state index contributed by atoms with van der Waals surface area (Å²) < 4.78 is 11.0. The van der Waals surface area contributed by atoms with Crippen molar-refractivity contribution < 1.29 is 9.47 Å². The molecule has 2 rings (SSSR count). The highest BCUT2D eigenvalue weighted by molar-refractivity contribution is 6.30. The summed E-state index contributed by atoms with van der Waals surface area (Å²) in [6, 6.07) is 3.57. The van der Waals surface area contributed by atoms with Crippen molar-refractivity contribution in [2.75, 3.05) is 7.11 Å². The minimum atomic E-state index is 0.324. The molecule has 1 fully saturated rings. The Balaban J connectivity index is 2.36. The Morgan fingerprint density at radius 3 is 2.73 bits per heavy atom. The molecule has 15 heavy (non-hydrogen) atoms. The van der Waals surface area contributed by atoms with Crippen molar-refractivity contribution in [3.63, 3.8) is 0 Å². The summed E-state index contributed by atoms with van der Waals surface area (Å²) in [4.78, 5) is 0. The van der Waals surface area contributed by atoms with E-state index < -0.39 is 0 Å². The average molecular weight is 228 g/mol. The maximum absolute atomic E-state index is 5.94. The van der Waals surface area contributed by atoms with Gasteiger partial charge in [-0.1, -0.05) is 11.6 Å². The molecule has 0 spiro atoms. The van der Waals surface area contributed by atoms with E-state index >= 15 is 0 Å². The summed E-state index contributed by atoms with van der Waals surface area (Å²) in [5.41, 5.74) is 6.54. The second-order valence-corrected chi connectivity index (χ2v) is 4.05. The summed E-state index contributed by atoms with van der Waals surface area (Å²) in [6.07, 6.45) is 2.54. The maximum Gasteiger partial charge on any atom is 0.166 e. The van der Waals surface area contributed by atoms with E-state index in [4.69, 9.17) is 26.8 Å². The fraction of sp³-hybridized carbons (Fsp3) is 0.455. The van der Waals surface area contributed by atoms with Crippen LogP contribution in [0.3, 0.4) is 0 Å². The Kier molecular flexibility index (Phi) is 3.03. The fourth-order valence-electron chi connectivity index (χ4n) is 1.41. The van der Waals surface area contributed by atoms with Crippen LogP contribution >= 0.6 is 11.6 Å². The molecule has 0 heterocycles. The van der Waals surface area contributed by atoms with Crippen LogP contribution in [0.15, 0.2) is 12.1 Å². The largest absolute Gasteiger partial charge is 0.493 e. The van der Waals surface area contributed by atoms with E-state index in [9.17, 15) is 0 Å². The number of halogens is 1. The third-order valence-electron chi connectivity index (χ3n) is 2.35. The lowest BCUT2D eigenvalue weighted by molar-refractivity contribution is 0.279. The highest BCUT2D eigenvalue weighted by Gasteiger charge is 2.26. The van der Waals surface area contributed by atoms with Crippen LogP contribution in [0.5, 0.6) is 11.5 Å². The van der Waals surface area contributed by atoms with E-state index in [-0.39, 0.29) is 0 Å². The van der Waals surface area contributed by atoms with Gasteiger partial charge in [0.2, 0.25) is 0 Å². The van der Waals surface area contributed by atoms with Crippen molar-refractivity contribution in [2.24, 2.45) is 5.73 Å². The van der Waals surface area contributed by atoms with Gasteiger partial charge in [-0.2, -0.15) is 0 Å². The van der Waals surface area contributed by atoms with E-state index in [1.165, 1.54) is 0 Å². The molecule has 3 nitrogen and oxygen atoms in total. The summed E-state index contributed by atoms with van der Waals surface area (Å²) in [7, 11) is 1.60. The van der Waals surface area contributed by atoms with Gasteiger partial charge >= 0.3 is 0 Å². The number of nitrogens with two attached hydrogens (primary N) is 1. The number of hydrogen-bond donors (Lipinski definition) is 1. The average Bonchev–Trinajstić information content (AvgIpc) is 3.03. The molecule has 0 bridgehead atoms. The third kappa shape index (κ3) is 2.36. The smallest absolute Gasteiger partial charge is 0.166 e. The number of ether oxygens (including phenoxy) is 2. The molecule has 1 aliphatic rings. The van der Waals surface area contributed by atoms with Crippen molar-refractivity contribution in [1.82, 2.24) is 0 Å². The molecule has 0 aromatic heterocycles. The quantitative estimate of drug-likeness (QED) is 0.859. The van der Waals surface area contributed by atoms with Gasteiger partial charge in [-0.25, -0.2) is 0 Å². The zero-order chi connectivity index (χ0) is 10.8. The Morgan fingerprint density at radius 1 is 1.47 bits per heavy atom. The predicted octanol–water partition coefficient (Wildman–Crippen LogP) is 2.35. The van der Waals surface area contributed by atoms with Gasteiger partial charge in [0.25, 0.3) is 0 Å². The molecule has 0 saturated heterocycles. The topological polar surface area (TPSA) is 44.5 Å². The molecule has 0 radical (unpaired) electrons. The first-order valence-corrected chi connectivity index (χ1v) is 5.35. The standard InChI is InChI=1S/C11H14ClNO2/c1-14-10-5-8(12)4-7(6-13)11(10)15-9-2-3-9/h4-5,9H,2-3,6,13H2,1H3. The number of rotatable bonds is 4. The first kappa shape index (κ1) is 10.6. The maximum atomic E-state index is 5.94. The molecule has 1 aromatic rings. The lowest BCUT2D eigenvalue weighted by atomic mass is 10.2. The summed E-state index contributed by atoms with van der Waals surface area (Å²) in [5.74, 6) is 1.40. The number of benzene rings is 1. The molecular weight excluding hydrogens is 214 g/mol. The van der Waals surface area contributed by atoms with Gasteiger partial charge < -0.3 is 15.2 Å². The zero-order valence-electron chi connectivity index (χ0n) is 8.63. The van der Waals surface area contributed by atoms with Crippen molar-refractivity contribution in [3.05, 3.63) is 22.7 Å². The molecule has 1 saturated carbocycles. The molecule has 2 N–H and O–H groups in total. The number of methoxy groups -OCH3 is 1. The predicted molar refractivity (Wildman–Crippen MR) is 59.5 cm³/mol. The van der Waals surface area contributed by atoms with Crippen LogP contribution < -0.4 is 15.2 Å².